The number of carbonyl (C=O) groups excluding carboxylic acids is 1. The number of nitrogens with zero attached hydrogens (tertiary/aromatic N) is 1. The minimum atomic E-state index is -0.122. The highest BCUT2D eigenvalue weighted by Crippen LogP contribution is 2.36. The number of ether oxygens (including phenoxy) is 1. The first-order valence-electron chi connectivity index (χ1n) is 9.52. The second kappa shape index (κ2) is 8.58. The molecule has 1 heterocycles. The van der Waals surface area contributed by atoms with Gasteiger partial charge in [0.05, 0.1) is 5.02 Å². The smallest absolute Gasteiger partial charge is 0.169 e. The molecular formula is C24H21Cl2NO2. The molecule has 0 aromatic heterocycles. The van der Waals surface area contributed by atoms with Crippen molar-refractivity contribution < 1.29 is 9.53 Å². The van der Waals surface area contributed by atoms with E-state index in [0.717, 1.165) is 13.1 Å². The molecule has 1 aliphatic heterocycles. The largest absolute Gasteiger partial charge is 0.457 e. The van der Waals surface area contributed by atoms with Crippen LogP contribution in [0.25, 0.3) is 0 Å². The van der Waals surface area contributed by atoms with Crippen molar-refractivity contribution >= 4 is 29.0 Å². The lowest BCUT2D eigenvalue weighted by molar-refractivity contribution is 0.0916. The molecule has 29 heavy (non-hydrogen) atoms. The molecule has 1 saturated heterocycles. The molecule has 0 amide bonds. The SMILES string of the molecule is CN1CC(C(=O)c2ccc(Oc3ccc(Cl)cc3)cc2Cl)C(c2ccccc2)C1. The summed E-state index contributed by atoms with van der Waals surface area (Å²) >= 11 is 12.4. The highest BCUT2D eigenvalue weighted by atomic mass is 35.5. The maximum absolute atomic E-state index is 13.3. The summed E-state index contributed by atoms with van der Waals surface area (Å²) in [5, 5.41) is 1.05. The number of hydrogen-bond acceptors (Lipinski definition) is 3. The number of ketones is 1. The van der Waals surface area contributed by atoms with Gasteiger partial charge in [0, 0.05) is 41.6 Å². The van der Waals surface area contributed by atoms with Gasteiger partial charge in [-0.3, -0.25) is 4.79 Å². The summed E-state index contributed by atoms with van der Waals surface area (Å²) in [5.41, 5.74) is 1.73. The van der Waals surface area contributed by atoms with E-state index in [1.165, 1.54) is 5.56 Å². The predicted molar refractivity (Wildman–Crippen MR) is 117 cm³/mol. The zero-order valence-electron chi connectivity index (χ0n) is 16.0. The van der Waals surface area contributed by atoms with Gasteiger partial charge in [-0.25, -0.2) is 0 Å². The Bertz CT molecular complexity index is 1010. The fourth-order valence-corrected chi connectivity index (χ4v) is 4.29. The Morgan fingerprint density at radius 2 is 1.62 bits per heavy atom. The third kappa shape index (κ3) is 4.48. The van der Waals surface area contributed by atoms with E-state index in [0.29, 0.717) is 27.1 Å². The number of likely N-dealkylation sites (N-methyl/N-ethyl adjacent to an activating group) is 1. The van der Waals surface area contributed by atoms with Gasteiger partial charge in [0.1, 0.15) is 11.5 Å². The molecule has 0 saturated carbocycles. The van der Waals surface area contributed by atoms with E-state index in [9.17, 15) is 4.79 Å². The zero-order valence-corrected chi connectivity index (χ0v) is 17.5. The molecule has 1 aliphatic rings. The van der Waals surface area contributed by atoms with Crippen LogP contribution < -0.4 is 4.74 Å². The molecule has 0 N–H and O–H groups in total. The van der Waals surface area contributed by atoms with E-state index in [-0.39, 0.29) is 17.6 Å². The summed E-state index contributed by atoms with van der Waals surface area (Å²) < 4.78 is 5.82. The van der Waals surface area contributed by atoms with Crippen molar-refractivity contribution in [2.24, 2.45) is 5.92 Å². The second-order valence-corrected chi connectivity index (χ2v) is 8.25. The van der Waals surface area contributed by atoms with E-state index < -0.39 is 0 Å². The summed E-state index contributed by atoms with van der Waals surface area (Å²) in [5.74, 6) is 1.35. The number of halogens is 2. The summed E-state index contributed by atoms with van der Waals surface area (Å²) in [6.07, 6.45) is 0. The van der Waals surface area contributed by atoms with Crippen LogP contribution in [-0.2, 0) is 0 Å². The molecule has 2 atom stereocenters. The van der Waals surface area contributed by atoms with Crippen LogP contribution in [0.4, 0.5) is 0 Å². The van der Waals surface area contributed by atoms with Gasteiger partial charge in [-0.2, -0.15) is 0 Å². The van der Waals surface area contributed by atoms with Crippen molar-refractivity contribution in [3.63, 3.8) is 0 Å². The van der Waals surface area contributed by atoms with Crippen molar-refractivity contribution in [3.8, 4) is 11.5 Å². The van der Waals surface area contributed by atoms with Crippen LogP contribution in [-0.4, -0.2) is 30.8 Å². The first-order chi connectivity index (χ1) is 14.0. The van der Waals surface area contributed by atoms with Gasteiger partial charge in [-0.1, -0.05) is 53.5 Å². The average molecular weight is 426 g/mol. The summed E-state index contributed by atoms with van der Waals surface area (Å²) in [7, 11) is 2.05. The second-order valence-electron chi connectivity index (χ2n) is 7.41. The van der Waals surface area contributed by atoms with Crippen molar-refractivity contribution in [1.29, 1.82) is 0 Å². The maximum Gasteiger partial charge on any atom is 0.169 e. The highest BCUT2D eigenvalue weighted by Gasteiger charge is 2.37. The summed E-state index contributed by atoms with van der Waals surface area (Å²) in [6, 6.07) is 22.5. The molecule has 0 spiro atoms. The number of hydrogen-bond donors (Lipinski definition) is 0. The van der Waals surface area contributed by atoms with Gasteiger partial charge >= 0.3 is 0 Å². The topological polar surface area (TPSA) is 29.5 Å². The molecule has 3 aromatic carbocycles. The molecule has 3 aromatic rings. The number of Topliss-reactive ketones (excluding diaryl/α,β-unsaturated/α-hetero) is 1. The molecule has 4 rings (SSSR count). The number of benzene rings is 3. The number of likely N-dealkylation sites (tertiary alicyclic amines) is 1. The Balaban J connectivity index is 1.55. The Kier molecular flexibility index (Phi) is 5.91. The lowest BCUT2D eigenvalue weighted by Gasteiger charge is -2.18. The Hall–Kier alpha value is -2.33. The molecule has 0 aliphatic carbocycles. The molecule has 0 bridgehead atoms. The lowest BCUT2D eigenvalue weighted by Crippen LogP contribution is -2.22. The minimum Gasteiger partial charge on any atom is -0.457 e. The Labute approximate surface area is 180 Å². The van der Waals surface area contributed by atoms with Crippen LogP contribution in [0.5, 0.6) is 11.5 Å². The van der Waals surface area contributed by atoms with Crippen LogP contribution in [0.2, 0.25) is 10.0 Å². The van der Waals surface area contributed by atoms with Crippen LogP contribution in [0.1, 0.15) is 21.8 Å². The van der Waals surface area contributed by atoms with Crippen molar-refractivity contribution in [1.82, 2.24) is 4.90 Å². The van der Waals surface area contributed by atoms with Gasteiger partial charge in [0.15, 0.2) is 5.78 Å². The minimum absolute atomic E-state index is 0.0752. The molecule has 2 unspecified atom stereocenters. The van der Waals surface area contributed by atoms with Gasteiger partial charge in [-0.05, 0) is 49.0 Å². The maximum atomic E-state index is 13.3. The number of carbonyl (C=O) groups is 1. The van der Waals surface area contributed by atoms with E-state index in [4.69, 9.17) is 27.9 Å². The molecule has 0 radical (unpaired) electrons. The monoisotopic (exact) mass is 425 g/mol. The third-order valence-electron chi connectivity index (χ3n) is 5.32. The molecule has 148 valence electrons. The van der Waals surface area contributed by atoms with Crippen molar-refractivity contribution in [2.45, 2.75) is 5.92 Å². The quantitative estimate of drug-likeness (QED) is 0.448. The van der Waals surface area contributed by atoms with Crippen LogP contribution >= 0.6 is 23.2 Å². The van der Waals surface area contributed by atoms with Crippen LogP contribution in [0.3, 0.4) is 0 Å². The summed E-state index contributed by atoms with van der Waals surface area (Å²) in [4.78, 5) is 15.5. The van der Waals surface area contributed by atoms with Crippen LogP contribution in [0.15, 0.2) is 72.8 Å². The molecule has 5 heteroatoms. The van der Waals surface area contributed by atoms with Crippen LogP contribution in [0, 0.1) is 5.92 Å². The first kappa shape index (κ1) is 20.0. The van der Waals surface area contributed by atoms with E-state index in [1.807, 2.05) is 25.2 Å². The van der Waals surface area contributed by atoms with Gasteiger partial charge < -0.3 is 9.64 Å². The molecular weight excluding hydrogens is 405 g/mol. The number of rotatable bonds is 5. The van der Waals surface area contributed by atoms with Gasteiger partial charge in [-0.15, -0.1) is 0 Å². The Morgan fingerprint density at radius 1 is 0.931 bits per heavy atom. The summed E-state index contributed by atoms with van der Waals surface area (Å²) in [6.45, 7) is 1.58. The van der Waals surface area contributed by atoms with Crippen molar-refractivity contribution in [2.75, 3.05) is 20.1 Å². The predicted octanol–water partition coefficient (Wildman–Crippen LogP) is 6.31. The Morgan fingerprint density at radius 3 is 2.31 bits per heavy atom. The lowest BCUT2D eigenvalue weighted by atomic mass is 9.84. The van der Waals surface area contributed by atoms with Gasteiger partial charge in [0.25, 0.3) is 0 Å². The first-order valence-corrected chi connectivity index (χ1v) is 10.3. The van der Waals surface area contributed by atoms with Gasteiger partial charge in [0.2, 0.25) is 0 Å². The normalized spacial score (nSPS) is 19.3. The van der Waals surface area contributed by atoms with E-state index >= 15 is 0 Å². The van der Waals surface area contributed by atoms with Crippen molar-refractivity contribution in [3.05, 3.63) is 94.0 Å². The standard InChI is InChI=1S/C24H21Cl2NO2/c1-27-14-21(16-5-3-2-4-6-16)22(15-27)24(28)20-12-11-19(13-23(20)26)29-18-9-7-17(25)8-10-18/h2-13,21-22H,14-15H2,1H3. The van der Waals surface area contributed by atoms with E-state index in [2.05, 4.69) is 17.0 Å². The molecule has 3 nitrogen and oxygen atoms in total. The third-order valence-corrected chi connectivity index (χ3v) is 5.89. The highest BCUT2D eigenvalue weighted by molar-refractivity contribution is 6.34. The molecule has 1 fully saturated rings. The zero-order chi connectivity index (χ0) is 20.4. The fourth-order valence-electron chi connectivity index (χ4n) is 3.90. The van der Waals surface area contributed by atoms with E-state index in [1.54, 1.807) is 42.5 Å². The average Bonchev–Trinajstić information content (AvgIpc) is 3.12. The fraction of sp³-hybridized carbons (Fsp3) is 0.208.